The van der Waals surface area contributed by atoms with Crippen molar-refractivity contribution >= 4 is 15.7 Å². The van der Waals surface area contributed by atoms with E-state index in [-0.39, 0.29) is 23.1 Å². The molecule has 39 heavy (non-hydrogen) atoms. The number of fused-ring (bicyclic) bond motifs is 1. The summed E-state index contributed by atoms with van der Waals surface area (Å²) in [5, 5.41) is 12.1. The van der Waals surface area contributed by atoms with Gasteiger partial charge in [-0.05, 0) is 64.6 Å². The van der Waals surface area contributed by atoms with Crippen LogP contribution in [0, 0.1) is 17.2 Å². The summed E-state index contributed by atoms with van der Waals surface area (Å²) in [5.41, 5.74) is 5.58. The third-order valence-corrected chi connectivity index (χ3v) is 9.32. The SMILES string of the molecule is CCS(=O)(=O)c1ccc(CNC(=O)c2ccc3c(c2)C(C)(C)CN(Cc2ccc(C#N)cc2)[C@H]3C(C)C)cc1. The van der Waals surface area contributed by atoms with E-state index in [0.29, 0.717) is 28.5 Å². The molecule has 7 heteroatoms. The summed E-state index contributed by atoms with van der Waals surface area (Å²) in [6.07, 6.45) is 0. The summed E-state index contributed by atoms with van der Waals surface area (Å²) >= 11 is 0. The van der Waals surface area contributed by atoms with Crippen LogP contribution < -0.4 is 5.32 Å². The summed E-state index contributed by atoms with van der Waals surface area (Å²) in [4.78, 5) is 15.9. The number of rotatable bonds is 8. The number of hydrogen-bond donors (Lipinski definition) is 1. The maximum atomic E-state index is 13.1. The minimum atomic E-state index is -3.25. The molecule has 0 fully saturated rings. The lowest BCUT2D eigenvalue weighted by Crippen LogP contribution is -2.46. The van der Waals surface area contributed by atoms with Crippen molar-refractivity contribution in [2.45, 2.75) is 64.1 Å². The Hall–Kier alpha value is -3.47. The molecule has 0 aromatic heterocycles. The Bertz CT molecular complexity index is 1490. The van der Waals surface area contributed by atoms with Crippen LogP contribution in [0.4, 0.5) is 0 Å². The van der Waals surface area contributed by atoms with Gasteiger partial charge in [0.15, 0.2) is 9.84 Å². The minimum absolute atomic E-state index is 0.0582. The number of nitrogens with one attached hydrogen (secondary N) is 1. The van der Waals surface area contributed by atoms with Gasteiger partial charge in [-0.15, -0.1) is 0 Å². The molecule has 1 aliphatic heterocycles. The van der Waals surface area contributed by atoms with Crippen LogP contribution in [-0.4, -0.2) is 31.5 Å². The molecule has 4 rings (SSSR count). The van der Waals surface area contributed by atoms with Gasteiger partial charge in [-0.2, -0.15) is 5.26 Å². The average molecular weight is 544 g/mol. The molecule has 0 radical (unpaired) electrons. The Kier molecular flexibility index (Phi) is 8.29. The number of hydrogen-bond acceptors (Lipinski definition) is 5. The Morgan fingerprint density at radius 3 is 2.28 bits per heavy atom. The zero-order chi connectivity index (χ0) is 28.4. The van der Waals surface area contributed by atoms with Crippen molar-refractivity contribution in [2.75, 3.05) is 12.3 Å². The number of carbonyl (C=O) groups is 1. The van der Waals surface area contributed by atoms with Gasteiger partial charge in [0.1, 0.15) is 0 Å². The van der Waals surface area contributed by atoms with Crippen molar-refractivity contribution in [3.8, 4) is 6.07 Å². The average Bonchev–Trinajstić information content (AvgIpc) is 2.91. The first-order valence-electron chi connectivity index (χ1n) is 13.4. The van der Waals surface area contributed by atoms with Gasteiger partial charge >= 0.3 is 0 Å². The number of carbonyl (C=O) groups excluding carboxylic acids is 1. The molecule has 1 atom stereocenters. The Labute approximate surface area is 232 Å². The Morgan fingerprint density at radius 2 is 1.69 bits per heavy atom. The molecule has 1 N–H and O–H groups in total. The molecular formula is C32H37N3O3S. The first-order valence-corrected chi connectivity index (χ1v) is 15.1. The molecule has 0 spiro atoms. The fourth-order valence-corrected chi connectivity index (χ4v) is 6.43. The van der Waals surface area contributed by atoms with Crippen LogP contribution in [0.2, 0.25) is 0 Å². The maximum Gasteiger partial charge on any atom is 0.251 e. The number of sulfone groups is 1. The molecule has 0 unspecified atom stereocenters. The van der Waals surface area contributed by atoms with Gasteiger partial charge in [-0.25, -0.2) is 8.42 Å². The third-order valence-electron chi connectivity index (χ3n) is 7.57. The van der Waals surface area contributed by atoms with Crippen molar-refractivity contribution in [1.82, 2.24) is 10.2 Å². The van der Waals surface area contributed by atoms with Crippen molar-refractivity contribution in [2.24, 2.45) is 5.92 Å². The van der Waals surface area contributed by atoms with E-state index in [2.05, 4.69) is 50.0 Å². The van der Waals surface area contributed by atoms with Crippen molar-refractivity contribution in [3.63, 3.8) is 0 Å². The predicted octanol–water partition coefficient (Wildman–Crippen LogP) is 5.77. The van der Waals surface area contributed by atoms with Crippen LogP contribution in [0.25, 0.3) is 0 Å². The van der Waals surface area contributed by atoms with Crippen LogP contribution in [0.1, 0.15) is 78.8 Å². The highest BCUT2D eigenvalue weighted by Gasteiger charge is 2.39. The largest absolute Gasteiger partial charge is 0.348 e. The highest BCUT2D eigenvalue weighted by atomic mass is 32.2. The number of benzene rings is 3. The highest BCUT2D eigenvalue weighted by molar-refractivity contribution is 7.91. The first kappa shape index (κ1) is 28.5. The van der Waals surface area contributed by atoms with Crippen molar-refractivity contribution in [1.29, 1.82) is 5.26 Å². The van der Waals surface area contributed by atoms with E-state index < -0.39 is 9.84 Å². The minimum Gasteiger partial charge on any atom is -0.348 e. The lowest BCUT2D eigenvalue weighted by Gasteiger charge is -2.47. The number of amides is 1. The maximum absolute atomic E-state index is 13.1. The molecule has 0 saturated heterocycles. The quantitative estimate of drug-likeness (QED) is 0.389. The fourth-order valence-electron chi connectivity index (χ4n) is 5.55. The zero-order valence-corrected chi connectivity index (χ0v) is 24.2. The third kappa shape index (κ3) is 6.24. The molecule has 6 nitrogen and oxygen atoms in total. The normalized spacial score (nSPS) is 16.9. The summed E-state index contributed by atoms with van der Waals surface area (Å²) < 4.78 is 24.1. The zero-order valence-electron chi connectivity index (χ0n) is 23.4. The van der Waals surface area contributed by atoms with Gasteiger partial charge in [0, 0.05) is 36.7 Å². The van der Waals surface area contributed by atoms with Gasteiger partial charge in [0.25, 0.3) is 5.91 Å². The summed E-state index contributed by atoms with van der Waals surface area (Å²) in [7, 11) is -3.25. The lowest BCUT2D eigenvalue weighted by atomic mass is 9.73. The van der Waals surface area contributed by atoms with E-state index in [1.54, 1.807) is 31.2 Å². The van der Waals surface area contributed by atoms with Crippen molar-refractivity contribution in [3.05, 3.63) is 100 Å². The summed E-state index contributed by atoms with van der Waals surface area (Å²) in [6.45, 7) is 12.5. The first-order chi connectivity index (χ1) is 18.4. The van der Waals surface area contributed by atoms with E-state index in [1.807, 2.05) is 36.4 Å². The van der Waals surface area contributed by atoms with Crippen molar-refractivity contribution < 1.29 is 13.2 Å². The predicted molar refractivity (Wildman–Crippen MR) is 154 cm³/mol. The molecule has 204 valence electrons. The van der Waals surface area contributed by atoms with Gasteiger partial charge in [0.05, 0.1) is 22.3 Å². The molecule has 3 aromatic rings. The second kappa shape index (κ2) is 11.3. The Morgan fingerprint density at radius 1 is 1.05 bits per heavy atom. The number of nitriles is 1. The van der Waals surface area contributed by atoms with Gasteiger partial charge in [-0.1, -0.05) is 65.0 Å². The molecule has 0 saturated carbocycles. The van der Waals surface area contributed by atoms with Crippen LogP contribution in [0.5, 0.6) is 0 Å². The molecular weight excluding hydrogens is 506 g/mol. The molecule has 0 aliphatic carbocycles. The van der Waals surface area contributed by atoms with E-state index in [4.69, 9.17) is 5.26 Å². The molecule has 1 aliphatic rings. The highest BCUT2D eigenvalue weighted by Crippen LogP contribution is 2.43. The monoisotopic (exact) mass is 543 g/mol. The van der Waals surface area contributed by atoms with E-state index in [0.717, 1.165) is 18.7 Å². The van der Waals surface area contributed by atoms with Crippen LogP contribution >= 0.6 is 0 Å². The molecule has 1 amide bonds. The Balaban J connectivity index is 1.53. The second-order valence-electron chi connectivity index (χ2n) is 11.3. The van der Waals surface area contributed by atoms with Gasteiger partial charge < -0.3 is 5.32 Å². The van der Waals surface area contributed by atoms with Gasteiger partial charge in [-0.3, -0.25) is 9.69 Å². The fraction of sp³-hybridized carbons (Fsp3) is 0.375. The standard InChI is InChI=1S/C32H37N3O3S/c1-6-39(37,38)27-14-11-24(12-15-27)19-34-31(36)26-13-16-28-29(17-26)32(4,5)21-35(30(28)22(2)3)20-25-9-7-23(18-33)8-10-25/h7-17,22,30H,6,19-21H2,1-5H3,(H,34,36)/t30-/m0/s1. The smallest absolute Gasteiger partial charge is 0.251 e. The van der Waals surface area contributed by atoms with Crippen LogP contribution in [0.3, 0.4) is 0 Å². The van der Waals surface area contributed by atoms with E-state index >= 15 is 0 Å². The summed E-state index contributed by atoms with van der Waals surface area (Å²) in [6, 6.07) is 22.9. The van der Waals surface area contributed by atoms with E-state index in [1.165, 1.54) is 16.7 Å². The molecule has 3 aromatic carbocycles. The second-order valence-corrected chi connectivity index (χ2v) is 13.6. The van der Waals surface area contributed by atoms with E-state index in [9.17, 15) is 13.2 Å². The topological polar surface area (TPSA) is 90.3 Å². The van der Waals surface area contributed by atoms with Crippen LogP contribution in [-0.2, 0) is 28.3 Å². The molecule has 0 bridgehead atoms. The number of nitrogens with zero attached hydrogens (tertiary/aromatic N) is 2. The van der Waals surface area contributed by atoms with Crippen LogP contribution in [0.15, 0.2) is 71.6 Å². The summed E-state index contributed by atoms with van der Waals surface area (Å²) in [5.74, 6) is 0.278. The lowest BCUT2D eigenvalue weighted by molar-refractivity contribution is 0.0944. The van der Waals surface area contributed by atoms with Gasteiger partial charge in [0.2, 0.25) is 0 Å². The molecule has 1 heterocycles.